The molecule has 0 fully saturated rings. The van der Waals surface area contributed by atoms with E-state index < -0.39 is 23.8 Å². The number of hydrogen-bond donors (Lipinski definition) is 2. The van der Waals surface area contributed by atoms with Gasteiger partial charge in [-0.3, -0.25) is 9.59 Å². The number of carbonyl (C=O) groups is 2. The molecule has 0 aliphatic heterocycles. The Balaban J connectivity index is 0. The summed E-state index contributed by atoms with van der Waals surface area (Å²) in [5.41, 5.74) is 0. The molecular formula is C9H13NaO4. The minimum Gasteiger partial charge on any atom is -1.00 e. The quantitative estimate of drug-likeness (QED) is 0.410. The van der Waals surface area contributed by atoms with Gasteiger partial charge in [-0.05, 0) is 12.3 Å². The summed E-state index contributed by atoms with van der Waals surface area (Å²) in [6.45, 7) is 1.73. The second kappa shape index (κ2) is 5.53. The van der Waals surface area contributed by atoms with E-state index in [0.29, 0.717) is 6.42 Å². The van der Waals surface area contributed by atoms with Crippen LogP contribution in [0.25, 0.3) is 0 Å². The van der Waals surface area contributed by atoms with Gasteiger partial charge in [0.05, 0.1) is 11.8 Å². The van der Waals surface area contributed by atoms with Crippen LogP contribution >= 0.6 is 0 Å². The summed E-state index contributed by atoms with van der Waals surface area (Å²) >= 11 is 0. The molecule has 0 aromatic rings. The molecule has 74 valence electrons. The zero-order chi connectivity index (χ0) is 10.0. The van der Waals surface area contributed by atoms with Gasteiger partial charge in [0.25, 0.3) is 0 Å². The monoisotopic (exact) mass is 208 g/mol. The van der Waals surface area contributed by atoms with E-state index in [1.807, 2.05) is 0 Å². The Morgan fingerprint density at radius 1 is 1.36 bits per heavy atom. The maximum Gasteiger partial charge on any atom is 1.00 e. The van der Waals surface area contributed by atoms with Crippen molar-refractivity contribution < 1.29 is 50.8 Å². The minimum absolute atomic E-state index is 0. The van der Waals surface area contributed by atoms with Gasteiger partial charge in [-0.15, -0.1) is 0 Å². The molecule has 4 nitrogen and oxygen atoms in total. The number of carboxylic acid groups (broad SMARTS) is 2. The zero-order valence-electron chi connectivity index (χ0n) is 9.30. The molecule has 1 aliphatic carbocycles. The molecule has 0 spiro atoms. The third-order valence-electron chi connectivity index (χ3n) is 2.43. The molecule has 2 N–H and O–H groups in total. The maximum atomic E-state index is 10.8. The largest absolute Gasteiger partial charge is 1.00 e. The molecule has 5 heteroatoms. The van der Waals surface area contributed by atoms with Crippen LogP contribution in [-0.4, -0.2) is 22.2 Å². The fourth-order valence-corrected chi connectivity index (χ4v) is 1.72. The third kappa shape index (κ3) is 2.83. The van der Waals surface area contributed by atoms with Crippen molar-refractivity contribution in [2.45, 2.75) is 13.3 Å². The summed E-state index contributed by atoms with van der Waals surface area (Å²) < 4.78 is 0. The van der Waals surface area contributed by atoms with Gasteiger partial charge in [-0.25, -0.2) is 0 Å². The fourth-order valence-electron chi connectivity index (χ4n) is 1.72. The molecule has 3 atom stereocenters. The summed E-state index contributed by atoms with van der Waals surface area (Å²) in [5, 5.41) is 17.6. The maximum absolute atomic E-state index is 10.8. The smallest absolute Gasteiger partial charge is 1.00 e. The molecule has 3 unspecified atom stereocenters. The molecule has 1 rings (SSSR count). The first-order valence-corrected chi connectivity index (χ1v) is 4.16. The normalized spacial score (nSPS) is 30.5. The van der Waals surface area contributed by atoms with Crippen LogP contribution < -0.4 is 29.6 Å². The molecule has 0 bridgehead atoms. The van der Waals surface area contributed by atoms with Crippen LogP contribution in [-0.2, 0) is 9.59 Å². The number of rotatable bonds is 2. The molecule has 0 amide bonds. The van der Waals surface area contributed by atoms with E-state index in [2.05, 4.69) is 0 Å². The van der Waals surface area contributed by atoms with E-state index in [0.717, 1.165) is 0 Å². The van der Waals surface area contributed by atoms with Crippen LogP contribution in [0.2, 0.25) is 0 Å². The molecule has 0 heterocycles. The number of hydrogen-bond acceptors (Lipinski definition) is 2. The molecule has 0 radical (unpaired) electrons. The molecule has 0 aromatic carbocycles. The molecule has 0 saturated carbocycles. The van der Waals surface area contributed by atoms with E-state index in [-0.39, 0.29) is 36.9 Å². The van der Waals surface area contributed by atoms with Crippen molar-refractivity contribution in [2.75, 3.05) is 0 Å². The first-order valence-electron chi connectivity index (χ1n) is 4.16. The van der Waals surface area contributed by atoms with E-state index >= 15 is 0 Å². The topological polar surface area (TPSA) is 74.6 Å². The van der Waals surface area contributed by atoms with E-state index in [1.54, 1.807) is 19.1 Å². The van der Waals surface area contributed by atoms with Crippen molar-refractivity contribution in [3.8, 4) is 0 Å². The van der Waals surface area contributed by atoms with Crippen LogP contribution in [0.5, 0.6) is 0 Å². The Morgan fingerprint density at radius 3 is 2.29 bits per heavy atom. The molecule has 1 aliphatic rings. The van der Waals surface area contributed by atoms with Crippen LogP contribution in [0.4, 0.5) is 0 Å². The Morgan fingerprint density at radius 2 is 1.93 bits per heavy atom. The van der Waals surface area contributed by atoms with Gasteiger partial charge in [0.1, 0.15) is 0 Å². The Labute approximate surface area is 106 Å². The first kappa shape index (κ1) is 13.7. The van der Waals surface area contributed by atoms with Gasteiger partial charge >= 0.3 is 41.5 Å². The summed E-state index contributed by atoms with van der Waals surface area (Å²) in [6, 6.07) is 0. The van der Waals surface area contributed by atoms with Gasteiger partial charge in [-0.2, -0.15) is 0 Å². The SMILES string of the molecule is CC1C=CCC(C(=O)O)C1C(=O)O.[H-].[Na+]. The van der Waals surface area contributed by atoms with Crippen molar-refractivity contribution in [1.82, 2.24) is 0 Å². The predicted molar refractivity (Wildman–Crippen MR) is 46.3 cm³/mol. The Kier molecular flexibility index (Phi) is 5.41. The van der Waals surface area contributed by atoms with Crippen molar-refractivity contribution in [3.05, 3.63) is 12.2 Å². The number of allylic oxidation sites excluding steroid dienone is 2. The van der Waals surface area contributed by atoms with E-state index in [4.69, 9.17) is 10.2 Å². The number of carboxylic acids is 2. The predicted octanol–water partition coefficient (Wildman–Crippen LogP) is -1.90. The van der Waals surface area contributed by atoms with Gasteiger partial charge in [0.2, 0.25) is 0 Å². The van der Waals surface area contributed by atoms with Gasteiger partial charge < -0.3 is 11.6 Å². The molecule has 0 saturated heterocycles. The van der Waals surface area contributed by atoms with Crippen LogP contribution in [0.15, 0.2) is 12.2 Å². The van der Waals surface area contributed by atoms with Crippen LogP contribution in [0, 0.1) is 17.8 Å². The minimum atomic E-state index is -1.02. The van der Waals surface area contributed by atoms with Gasteiger partial charge in [-0.1, -0.05) is 19.1 Å². The summed E-state index contributed by atoms with van der Waals surface area (Å²) in [5.74, 6) is -3.82. The molecule has 0 aromatic heterocycles. The van der Waals surface area contributed by atoms with Gasteiger partial charge in [0.15, 0.2) is 0 Å². The van der Waals surface area contributed by atoms with E-state index in [1.165, 1.54) is 0 Å². The van der Waals surface area contributed by atoms with Crippen molar-refractivity contribution >= 4 is 11.9 Å². The van der Waals surface area contributed by atoms with Crippen molar-refractivity contribution in [3.63, 3.8) is 0 Å². The Hall–Kier alpha value is -0.320. The van der Waals surface area contributed by atoms with Crippen molar-refractivity contribution in [1.29, 1.82) is 0 Å². The first-order chi connectivity index (χ1) is 6.04. The van der Waals surface area contributed by atoms with E-state index in [9.17, 15) is 9.59 Å². The van der Waals surface area contributed by atoms with Crippen molar-refractivity contribution in [2.24, 2.45) is 17.8 Å². The average Bonchev–Trinajstić information content (AvgIpc) is 2.02. The van der Waals surface area contributed by atoms with Crippen LogP contribution in [0.3, 0.4) is 0 Å². The fraction of sp³-hybridized carbons (Fsp3) is 0.556. The van der Waals surface area contributed by atoms with Gasteiger partial charge in [0, 0.05) is 0 Å². The zero-order valence-corrected chi connectivity index (χ0v) is 10.3. The molecular weight excluding hydrogens is 195 g/mol. The summed E-state index contributed by atoms with van der Waals surface area (Å²) in [7, 11) is 0. The standard InChI is InChI=1S/C9H12O4.Na.H/c1-5-3-2-4-6(8(10)11)7(5)9(12)13;;/h2-3,5-7H,4H2,1H3,(H,10,11)(H,12,13);;/q;+1;-1. The average molecular weight is 208 g/mol. The second-order valence-electron chi connectivity index (χ2n) is 3.33. The number of aliphatic carboxylic acids is 2. The van der Waals surface area contributed by atoms with Crippen LogP contribution in [0.1, 0.15) is 14.8 Å². The Bertz CT molecular complexity index is 267. The summed E-state index contributed by atoms with van der Waals surface area (Å²) in [4.78, 5) is 21.5. The summed E-state index contributed by atoms with van der Waals surface area (Å²) in [6.07, 6.45) is 3.82. The molecule has 14 heavy (non-hydrogen) atoms. The second-order valence-corrected chi connectivity index (χ2v) is 3.33. The third-order valence-corrected chi connectivity index (χ3v) is 2.43.